The Morgan fingerprint density at radius 1 is 0.325 bits per heavy atom. The summed E-state index contributed by atoms with van der Waals surface area (Å²) >= 11 is -4.51. The van der Waals surface area contributed by atoms with Gasteiger partial charge in [0.1, 0.15) is 0 Å². The standard InChI is InChI=1S/C69H43GeN5O2/c1-3-19-44(20-4-1)56-41-46(70(45-21-5-2-6-22-45,47-36-39-65-57(42-47)53-27-11-17-33-63(53)76-65)48-37-40-66-58(43-48)54-28-12-18-34-64(54)77-66)35-38-55(56)67-71-68(74-59-29-13-7-23-49(59)50-24-8-14-30-60(50)74)73-69(72-67)75-61-31-15-9-25-51(61)52-26-10-16-32-62(52)75/h1-43H/i1D,3D,4D,19D,20D. The average Bonchev–Trinajstić information content (AvgIpc) is 4.44. The van der Waals surface area contributed by atoms with E-state index in [0.29, 0.717) is 23.0 Å². The number of benzene rings is 11. The predicted octanol–water partition coefficient (Wildman–Crippen LogP) is 14.6. The topological polar surface area (TPSA) is 74.8 Å². The Labute approximate surface area is 450 Å². The first kappa shape index (κ1) is 38.7. The predicted molar refractivity (Wildman–Crippen MR) is 318 cm³/mol. The molecule has 0 aliphatic heterocycles. The van der Waals surface area contributed by atoms with Crippen molar-refractivity contribution < 1.29 is 15.7 Å². The maximum atomic E-state index is 9.78. The van der Waals surface area contributed by atoms with E-state index in [4.69, 9.17) is 25.2 Å². The number of hydrogen-bond donors (Lipinski definition) is 0. The van der Waals surface area contributed by atoms with E-state index in [1.807, 2.05) is 97.1 Å². The van der Waals surface area contributed by atoms with Gasteiger partial charge in [-0.05, 0) is 0 Å². The Hall–Kier alpha value is -9.83. The number of nitrogens with zero attached hydrogens (tertiary/aromatic N) is 5. The summed E-state index contributed by atoms with van der Waals surface area (Å²) in [7, 11) is 0. The second-order valence-electron chi connectivity index (χ2n) is 19.5. The van der Waals surface area contributed by atoms with Crippen molar-refractivity contribution >= 4 is 118 Å². The van der Waals surface area contributed by atoms with E-state index < -0.39 is 31.4 Å². The van der Waals surface area contributed by atoms with Crippen molar-refractivity contribution in [1.29, 1.82) is 0 Å². The molecule has 5 heterocycles. The molecule has 0 bridgehead atoms. The SMILES string of the molecule is [2H]c1c([2H])c([2H])c(-c2c[c]([Ge]([c]3ccccc3)([c]3ccc4oc5ccccc5c4c3)[c]3ccc4oc5ccccc5c4c3)ccc2-c2nc(-n3c4ccccc4c4ccccc43)nc(-n3c4ccccc4c4ccccc43)n2)c([2H])c1[2H]. The van der Waals surface area contributed by atoms with Gasteiger partial charge in [-0.1, -0.05) is 0 Å². The van der Waals surface area contributed by atoms with Crippen LogP contribution in [0.1, 0.15) is 6.85 Å². The van der Waals surface area contributed by atoms with Crippen molar-refractivity contribution in [3.8, 4) is 34.4 Å². The molecule has 0 unspecified atom stereocenters. The fourth-order valence-electron chi connectivity index (χ4n) is 12.1. The van der Waals surface area contributed by atoms with Crippen molar-refractivity contribution in [2.24, 2.45) is 0 Å². The third kappa shape index (κ3) is 6.60. The van der Waals surface area contributed by atoms with Crippen molar-refractivity contribution in [3.05, 3.63) is 261 Å². The zero-order valence-electron chi connectivity index (χ0n) is 46.0. The fourth-order valence-corrected chi connectivity index (χ4v) is 22.1. The van der Waals surface area contributed by atoms with Crippen LogP contribution in [0.4, 0.5) is 0 Å². The molecule has 77 heavy (non-hydrogen) atoms. The first-order valence-corrected chi connectivity index (χ1v) is 29.8. The third-order valence-corrected chi connectivity index (χ3v) is 25.4. The molecule has 11 aromatic carbocycles. The molecular weight excluding hydrogens is 1000 g/mol. The molecule has 0 saturated heterocycles. The average molecular weight is 1050 g/mol. The molecule has 16 rings (SSSR count). The molecule has 0 aliphatic carbocycles. The van der Waals surface area contributed by atoms with Crippen LogP contribution in [0, 0.1) is 0 Å². The summed E-state index contributed by atoms with van der Waals surface area (Å²) in [5, 5.41) is 8.01. The van der Waals surface area contributed by atoms with E-state index in [1.54, 1.807) is 0 Å². The molecule has 0 radical (unpaired) electrons. The van der Waals surface area contributed by atoms with Gasteiger partial charge in [-0.3, -0.25) is 0 Å². The molecule has 16 aromatic rings. The summed E-state index contributed by atoms with van der Waals surface area (Å²) in [5.41, 5.74) is 7.49. The molecule has 360 valence electrons. The minimum atomic E-state index is -4.51. The molecule has 7 nitrogen and oxygen atoms in total. The second kappa shape index (κ2) is 17.1. The van der Waals surface area contributed by atoms with Gasteiger partial charge in [0.05, 0.1) is 0 Å². The van der Waals surface area contributed by atoms with Crippen LogP contribution in [0.15, 0.2) is 270 Å². The molecule has 0 amide bonds. The van der Waals surface area contributed by atoms with Crippen molar-refractivity contribution in [1.82, 2.24) is 24.1 Å². The van der Waals surface area contributed by atoms with Crippen molar-refractivity contribution in [3.63, 3.8) is 0 Å². The van der Waals surface area contributed by atoms with Gasteiger partial charge in [-0.15, -0.1) is 0 Å². The Morgan fingerprint density at radius 2 is 0.727 bits per heavy atom. The van der Waals surface area contributed by atoms with Crippen LogP contribution < -0.4 is 17.6 Å². The molecule has 0 N–H and O–H groups in total. The van der Waals surface area contributed by atoms with Gasteiger partial charge in [0.15, 0.2) is 0 Å². The molecule has 0 saturated carbocycles. The van der Waals surface area contributed by atoms with Crippen molar-refractivity contribution in [2.75, 3.05) is 0 Å². The van der Waals surface area contributed by atoms with Gasteiger partial charge >= 0.3 is 453 Å². The van der Waals surface area contributed by atoms with Gasteiger partial charge < -0.3 is 0 Å². The van der Waals surface area contributed by atoms with Crippen LogP contribution in [0.5, 0.6) is 0 Å². The number of furan rings is 2. The van der Waals surface area contributed by atoms with Crippen LogP contribution >= 0.6 is 0 Å². The van der Waals surface area contributed by atoms with E-state index in [-0.39, 0.29) is 23.5 Å². The minimum absolute atomic E-state index is 0.0250. The first-order valence-electron chi connectivity index (χ1n) is 28.1. The van der Waals surface area contributed by atoms with Crippen LogP contribution in [0.25, 0.3) is 122 Å². The van der Waals surface area contributed by atoms with Gasteiger partial charge in [0, 0.05) is 0 Å². The molecular formula is C69H43GeN5O2. The van der Waals surface area contributed by atoms with Gasteiger partial charge in [0.25, 0.3) is 0 Å². The van der Waals surface area contributed by atoms with Crippen molar-refractivity contribution in [2.45, 2.75) is 0 Å². The number of rotatable bonds is 8. The Kier molecular flexibility index (Phi) is 8.60. The third-order valence-electron chi connectivity index (χ3n) is 15.5. The van der Waals surface area contributed by atoms with E-state index in [1.165, 1.54) is 0 Å². The van der Waals surface area contributed by atoms with Crippen LogP contribution in [-0.4, -0.2) is 37.4 Å². The Bertz CT molecular complexity index is 4960. The van der Waals surface area contributed by atoms with Crippen LogP contribution in [-0.2, 0) is 0 Å². The number of aromatic nitrogens is 5. The zero-order chi connectivity index (χ0) is 55.0. The summed E-state index contributed by atoms with van der Waals surface area (Å²) in [4.78, 5) is 16.4. The van der Waals surface area contributed by atoms with E-state index >= 15 is 0 Å². The van der Waals surface area contributed by atoms with Gasteiger partial charge in [0.2, 0.25) is 0 Å². The summed E-state index contributed by atoms with van der Waals surface area (Å²) in [6.45, 7) is 0. The van der Waals surface area contributed by atoms with Gasteiger partial charge in [-0.2, -0.15) is 0 Å². The van der Waals surface area contributed by atoms with E-state index in [9.17, 15) is 5.48 Å². The summed E-state index contributed by atoms with van der Waals surface area (Å²) in [6, 6.07) is 76.8. The van der Waals surface area contributed by atoms with Gasteiger partial charge in [-0.25, -0.2) is 0 Å². The quantitative estimate of drug-likeness (QED) is 0.142. The summed E-state index contributed by atoms with van der Waals surface area (Å²) in [6.07, 6.45) is 0. The Morgan fingerprint density at radius 3 is 1.22 bits per heavy atom. The van der Waals surface area contributed by atoms with E-state index in [0.717, 1.165) is 105 Å². The second-order valence-corrected chi connectivity index (χ2v) is 27.5. The number of para-hydroxylation sites is 6. The van der Waals surface area contributed by atoms with Crippen LogP contribution in [0.2, 0.25) is 0 Å². The number of hydrogen-bond acceptors (Lipinski definition) is 5. The summed E-state index contributed by atoms with van der Waals surface area (Å²) in [5.74, 6) is 0.924. The fraction of sp³-hybridized carbons (Fsp3) is 0. The monoisotopic (exact) mass is 1050 g/mol. The molecule has 5 aromatic heterocycles. The Balaban J connectivity index is 1.06. The molecule has 0 atom stereocenters. The molecule has 0 fully saturated rings. The molecule has 0 spiro atoms. The van der Waals surface area contributed by atoms with E-state index in [2.05, 4.69) is 143 Å². The molecule has 0 aliphatic rings. The number of fused-ring (bicyclic) bond motifs is 12. The molecule has 8 heteroatoms. The first-order chi connectivity index (χ1) is 40.2. The maximum absolute atomic E-state index is 9.78. The zero-order valence-corrected chi connectivity index (χ0v) is 43.1. The summed E-state index contributed by atoms with van der Waals surface area (Å²) < 4.78 is 68.1. The van der Waals surface area contributed by atoms with Crippen LogP contribution in [0.3, 0.4) is 0 Å². The normalized spacial score (nSPS) is 13.1.